The Balaban J connectivity index is 1.52. The summed E-state index contributed by atoms with van der Waals surface area (Å²) in [6.45, 7) is 7.73. The largest absolute Gasteiger partial charge is 0.453 e. The molecule has 0 spiro atoms. The number of ketones is 1. The van der Waals surface area contributed by atoms with E-state index in [1.807, 2.05) is 50.2 Å². The maximum atomic E-state index is 12.8. The Morgan fingerprint density at radius 2 is 1.70 bits per heavy atom. The SMILES string of the molecule is Cc1ccc(-n2c(C)cc(C(=O)COC(=O)c3cc4ccccc4[nH]3)c2C)cc1C. The van der Waals surface area contributed by atoms with Gasteiger partial charge in [-0.05, 0) is 69.2 Å². The molecule has 0 radical (unpaired) electrons. The van der Waals surface area contributed by atoms with Gasteiger partial charge in [-0.25, -0.2) is 4.79 Å². The Labute approximate surface area is 175 Å². The van der Waals surface area contributed by atoms with Crippen LogP contribution in [0.25, 0.3) is 16.6 Å². The molecule has 0 atom stereocenters. The smallest absolute Gasteiger partial charge is 0.355 e. The molecular formula is C25H24N2O3. The number of esters is 1. The lowest BCUT2D eigenvalue weighted by atomic mass is 10.1. The fraction of sp³-hybridized carbons (Fsp3) is 0.200. The zero-order chi connectivity index (χ0) is 21.4. The standard InChI is InChI=1S/C25H24N2O3/c1-15-9-10-20(11-16(15)2)27-17(3)12-21(18(27)4)24(28)14-30-25(29)23-13-19-7-5-6-8-22(19)26-23/h5-13,26H,14H2,1-4H3. The molecule has 0 fully saturated rings. The topological polar surface area (TPSA) is 64.1 Å². The second-order valence-corrected chi connectivity index (χ2v) is 7.66. The van der Waals surface area contributed by atoms with E-state index in [9.17, 15) is 9.59 Å². The molecule has 5 nitrogen and oxygen atoms in total. The number of para-hydroxylation sites is 1. The van der Waals surface area contributed by atoms with Crippen molar-refractivity contribution in [1.29, 1.82) is 0 Å². The number of fused-ring (bicyclic) bond motifs is 1. The first-order valence-electron chi connectivity index (χ1n) is 9.90. The van der Waals surface area contributed by atoms with Crippen LogP contribution >= 0.6 is 0 Å². The summed E-state index contributed by atoms with van der Waals surface area (Å²) in [5.74, 6) is -0.759. The van der Waals surface area contributed by atoms with Crippen molar-refractivity contribution in [3.05, 3.63) is 88.4 Å². The lowest BCUT2D eigenvalue weighted by Crippen LogP contribution is -2.15. The number of H-pyrrole nitrogens is 1. The highest BCUT2D eigenvalue weighted by atomic mass is 16.5. The van der Waals surface area contributed by atoms with Crippen molar-refractivity contribution in [2.24, 2.45) is 0 Å². The molecule has 2 aromatic heterocycles. The van der Waals surface area contributed by atoms with Gasteiger partial charge in [-0.2, -0.15) is 0 Å². The normalized spacial score (nSPS) is 11.1. The van der Waals surface area contributed by atoms with Gasteiger partial charge in [-0.15, -0.1) is 0 Å². The summed E-state index contributed by atoms with van der Waals surface area (Å²) < 4.78 is 7.34. The van der Waals surface area contributed by atoms with Gasteiger partial charge < -0.3 is 14.3 Å². The minimum Gasteiger partial charge on any atom is -0.453 e. The van der Waals surface area contributed by atoms with Crippen molar-refractivity contribution in [2.75, 3.05) is 6.61 Å². The van der Waals surface area contributed by atoms with Gasteiger partial charge in [0, 0.05) is 33.5 Å². The van der Waals surface area contributed by atoms with Crippen LogP contribution in [0.4, 0.5) is 0 Å². The minimum atomic E-state index is -0.539. The van der Waals surface area contributed by atoms with Crippen molar-refractivity contribution in [1.82, 2.24) is 9.55 Å². The van der Waals surface area contributed by atoms with E-state index in [0.717, 1.165) is 28.0 Å². The number of aryl methyl sites for hydroxylation is 3. The third-order valence-corrected chi connectivity index (χ3v) is 5.56. The number of carbonyl (C=O) groups is 2. The van der Waals surface area contributed by atoms with Gasteiger partial charge in [0.15, 0.2) is 6.61 Å². The molecular weight excluding hydrogens is 376 g/mol. The predicted octanol–water partition coefficient (Wildman–Crippen LogP) is 5.23. The Morgan fingerprint density at radius 3 is 2.43 bits per heavy atom. The van der Waals surface area contributed by atoms with Gasteiger partial charge in [0.2, 0.25) is 5.78 Å². The lowest BCUT2D eigenvalue weighted by molar-refractivity contribution is 0.0469. The monoisotopic (exact) mass is 400 g/mol. The number of nitrogens with one attached hydrogen (secondary N) is 1. The Morgan fingerprint density at radius 1 is 0.933 bits per heavy atom. The number of hydrogen-bond acceptors (Lipinski definition) is 3. The third kappa shape index (κ3) is 3.54. The average Bonchev–Trinajstić information content (AvgIpc) is 3.29. The first kappa shape index (κ1) is 19.7. The van der Waals surface area contributed by atoms with Crippen LogP contribution in [0.1, 0.15) is 43.4 Å². The van der Waals surface area contributed by atoms with Gasteiger partial charge in [0.05, 0.1) is 0 Å². The van der Waals surface area contributed by atoms with E-state index in [4.69, 9.17) is 4.74 Å². The second-order valence-electron chi connectivity index (χ2n) is 7.66. The number of benzene rings is 2. The zero-order valence-electron chi connectivity index (χ0n) is 17.6. The Kier molecular flexibility index (Phi) is 5.04. The van der Waals surface area contributed by atoms with E-state index in [2.05, 4.69) is 35.5 Å². The number of carbonyl (C=O) groups excluding carboxylic acids is 2. The van der Waals surface area contributed by atoms with Gasteiger partial charge in [-0.1, -0.05) is 24.3 Å². The molecule has 1 N–H and O–H groups in total. The molecule has 152 valence electrons. The summed E-state index contributed by atoms with van der Waals surface area (Å²) in [5, 5.41) is 0.924. The molecule has 30 heavy (non-hydrogen) atoms. The fourth-order valence-corrected chi connectivity index (χ4v) is 3.78. The second kappa shape index (κ2) is 7.67. The minimum absolute atomic E-state index is 0.220. The summed E-state index contributed by atoms with van der Waals surface area (Å²) in [7, 11) is 0. The van der Waals surface area contributed by atoms with Crippen molar-refractivity contribution in [3.63, 3.8) is 0 Å². The number of aromatic amines is 1. The number of ether oxygens (including phenoxy) is 1. The highest BCUT2D eigenvalue weighted by Gasteiger charge is 2.19. The molecule has 2 heterocycles. The maximum absolute atomic E-state index is 12.8. The van der Waals surface area contributed by atoms with Crippen LogP contribution in [0.3, 0.4) is 0 Å². The van der Waals surface area contributed by atoms with Crippen LogP contribution in [0.15, 0.2) is 54.6 Å². The Hall–Kier alpha value is -3.60. The quantitative estimate of drug-likeness (QED) is 0.368. The van der Waals surface area contributed by atoms with Crippen molar-refractivity contribution in [3.8, 4) is 5.69 Å². The molecule has 0 aliphatic heterocycles. The molecule has 4 rings (SSSR count). The first-order valence-corrected chi connectivity index (χ1v) is 9.90. The average molecular weight is 400 g/mol. The van der Waals surface area contributed by atoms with Crippen LogP contribution in [0.2, 0.25) is 0 Å². The van der Waals surface area contributed by atoms with Crippen LogP contribution < -0.4 is 0 Å². The number of aromatic nitrogens is 2. The van der Waals surface area contributed by atoms with Crippen LogP contribution in [0, 0.1) is 27.7 Å². The van der Waals surface area contributed by atoms with Gasteiger partial charge in [0.1, 0.15) is 5.69 Å². The van der Waals surface area contributed by atoms with Crippen LogP contribution in [-0.4, -0.2) is 27.9 Å². The molecule has 0 unspecified atom stereocenters. The summed E-state index contributed by atoms with van der Waals surface area (Å²) in [4.78, 5) is 28.2. The number of nitrogens with zero attached hydrogens (tertiary/aromatic N) is 1. The van der Waals surface area contributed by atoms with E-state index in [1.54, 1.807) is 6.07 Å². The highest BCUT2D eigenvalue weighted by molar-refractivity contribution is 6.01. The third-order valence-electron chi connectivity index (χ3n) is 5.56. The van der Waals surface area contributed by atoms with E-state index in [1.165, 1.54) is 11.1 Å². The van der Waals surface area contributed by atoms with E-state index >= 15 is 0 Å². The molecule has 0 aliphatic rings. The summed E-state index contributed by atoms with van der Waals surface area (Å²) >= 11 is 0. The molecule has 5 heteroatoms. The first-order chi connectivity index (χ1) is 14.3. The molecule has 0 bridgehead atoms. The van der Waals surface area contributed by atoms with Crippen molar-refractivity contribution in [2.45, 2.75) is 27.7 Å². The molecule has 2 aromatic carbocycles. The lowest BCUT2D eigenvalue weighted by Gasteiger charge is -2.12. The van der Waals surface area contributed by atoms with Crippen LogP contribution in [-0.2, 0) is 4.74 Å². The van der Waals surface area contributed by atoms with E-state index < -0.39 is 5.97 Å². The van der Waals surface area contributed by atoms with Gasteiger partial charge in [-0.3, -0.25) is 4.79 Å². The fourth-order valence-electron chi connectivity index (χ4n) is 3.78. The Bertz CT molecular complexity index is 1240. The molecule has 4 aromatic rings. The van der Waals surface area contributed by atoms with E-state index in [-0.39, 0.29) is 12.4 Å². The maximum Gasteiger partial charge on any atom is 0.355 e. The van der Waals surface area contributed by atoms with Crippen molar-refractivity contribution >= 4 is 22.7 Å². The van der Waals surface area contributed by atoms with E-state index in [0.29, 0.717) is 11.3 Å². The van der Waals surface area contributed by atoms with Gasteiger partial charge >= 0.3 is 5.97 Å². The zero-order valence-corrected chi connectivity index (χ0v) is 17.6. The molecule has 0 saturated carbocycles. The predicted molar refractivity (Wildman–Crippen MR) is 118 cm³/mol. The summed E-state index contributed by atoms with van der Waals surface area (Å²) in [6.07, 6.45) is 0. The summed E-state index contributed by atoms with van der Waals surface area (Å²) in [6, 6.07) is 17.4. The molecule has 0 saturated heterocycles. The molecule has 0 aliphatic carbocycles. The van der Waals surface area contributed by atoms with Gasteiger partial charge in [0.25, 0.3) is 0 Å². The summed E-state index contributed by atoms with van der Waals surface area (Å²) in [5.41, 5.74) is 6.99. The molecule has 0 amide bonds. The van der Waals surface area contributed by atoms with Crippen molar-refractivity contribution < 1.29 is 14.3 Å². The van der Waals surface area contributed by atoms with Crippen LogP contribution in [0.5, 0.6) is 0 Å². The number of rotatable bonds is 5. The highest BCUT2D eigenvalue weighted by Crippen LogP contribution is 2.23. The number of hydrogen-bond donors (Lipinski definition) is 1. The number of Topliss-reactive ketones (excluding diaryl/α,β-unsaturated/α-hetero) is 1.